The number of carbonyl (C=O) groups excluding carboxylic acids is 1. The highest BCUT2D eigenvalue weighted by Crippen LogP contribution is 2.34. The first kappa shape index (κ1) is 22.3. The van der Waals surface area contributed by atoms with Crippen LogP contribution in [0.15, 0.2) is 83.2 Å². The molecule has 0 atom stereocenters. The third kappa shape index (κ3) is 4.57. The number of H-pyrrole nitrogens is 1. The van der Waals surface area contributed by atoms with E-state index >= 15 is 0 Å². The summed E-state index contributed by atoms with van der Waals surface area (Å²) >= 11 is 9.15. The summed E-state index contributed by atoms with van der Waals surface area (Å²) < 4.78 is 1.90. The van der Waals surface area contributed by atoms with Gasteiger partial charge < -0.3 is 4.98 Å². The van der Waals surface area contributed by atoms with Crippen molar-refractivity contribution in [1.29, 1.82) is 0 Å². The van der Waals surface area contributed by atoms with E-state index in [-0.39, 0.29) is 5.12 Å². The predicted octanol–water partition coefficient (Wildman–Crippen LogP) is 8.29. The lowest BCUT2D eigenvalue weighted by Crippen LogP contribution is -1.96. The Morgan fingerprint density at radius 3 is 2.66 bits per heavy atom. The Labute approximate surface area is 215 Å². The smallest absolute Gasteiger partial charge is 0.195 e. The van der Waals surface area contributed by atoms with Gasteiger partial charge in [-0.15, -0.1) is 11.3 Å². The molecule has 0 saturated heterocycles. The molecular weight excluding hydrogens is 494 g/mol. The van der Waals surface area contributed by atoms with Crippen LogP contribution in [0.2, 0.25) is 5.02 Å². The van der Waals surface area contributed by atoms with Gasteiger partial charge in [-0.2, -0.15) is 0 Å². The Morgan fingerprint density at radius 1 is 0.943 bits per heavy atom. The molecule has 0 saturated carbocycles. The SMILES string of the molecule is O=C(CCCc1c(-c2ccc3ccccc3n2)[nH]c2ccc(Cl)cc12)Sc1nc2ccccc2s1. The van der Waals surface area contributed by atoms with Crippen molar-refractivity contribution in [3.63, 3.8) is 0 Å². The van der Waals surface area contributed by atoms with Crippen LogP contribution in [-0.4, -0.2) is 20.1 Å². The zero-order valence-electron chi connectivity index (χ0n) is 18.6. The van der Waals surface area contributed by atoms with Gasteiger partial charge in [0, 0.05) is 27.7 Å². The number of thioether (sulfide) groups is 1. The highest BCUT2D eigenvalue weighted by molar-refractivity contribution is 8.15. The van der Waals surface area contributed by atoms with E-state index in [2.05, 4.69) is 22.1 Å². The molecule has 0 aliphatic carbocycles. The van der Waals surface area contributed by atoms with Gasteiger partial charge in [0.15, 0.2) is 9.45 Å². The van der Waals surface area contributed by atoms with Crippen molar-refractivity contribution < 1.29 is 4.79 Å². The lowest BCUT2D eigenvalue weighted by Gasteiger charge is -2.06. The van der Waals surface area contributed by atoms with Gasteiger partial charge >= 0.3 is 0 Å². The van der Waals surface area contributed by atoms with Gasteiger partial charge in [0.25, 0.3) is 0 Å². The minimum Gasteiger partial charge on any atom is -0.353 e. The largest absolute Gasteiger partial charge is 0.353 e. The number of nitrogens with zero attached hydrogens (tertiary/aromatic N) is 2. The van der Waals surface area contributed by atoms with Gasteiger partial charge in [0.1, 0.15) is 0 Å². The first-order valence-electron chi connectivity index (χ1n) is 11.4. The summed E-state index contributed by atoms with van der Waals surface area (Å²) in [6, 6.07) is 26.1. The topological polar surface area (TPSA) is 58.6 Å². The number of fused-ring (bicyclic) bond motifs is 3. The number of hydrogen-bond acceptors (Lipinski definition) is 5. The highest BCUT2D eigenvalue weighted by atomic mass is 35.5. The molecule has 6 aromatic rings. The van der Waals surface area contributed by atoms with Gasteiger partial charge in [0.2, 0.25) is 0 Å². The maximum absolute atomic E-state index is 12.7. The normalized spacial score (nSPS) is 11.6. The average Bonchev–Trinajstić information content (AvgIpc) is 3.44. The van der Waals surface area contributed by atoms with Gasteiger partial charge in [-0.05, 0) is 72.6 Å². The Hall–Kier alpha value is -3.19. The van der Waals surface area contributed by atoms with Crippen molar-refractivity contribution in [2.75, 3.05) is 0 Å². The molecule has 7 heteroatoms. The van der Waals surface area contributed by atoms with E-state index in [1.807, 2.05) is 66.7 Å². The molecule has 0 bridgehead atoms. The third-order valence-electron chi connectivity index (χ3n) is 6.01. The molecule has 0 spiro atoms. The number of hydrogen-bond donors (Lipinski definition) is 1. The zero-order valence-corrected chi connectivity index (χ0v) is 21.0. The Balaban J connectivity index is 1.25. The molecule has 6 rings (SSSR count). The summed E-state index contributed by atoms with van der Waals surface area (Å²) in [6.07, 6.45) is 1.95. The van der Waals surface area contributed by atoms with E-state index in [0.29, 0.717) is 11.4 Å². The first-order valence-corrected chi connectivity index (χ1v) is 13.4. The van der Waals surface area contributed by atoms with Crippen LogP contribution < -0.4 is 0 Å². The molecule has 3 heterocycles. The molecular formula is C28H20ClN3OS2. The molecule has 0 radical (unpaired) electrons. The van der Waals surface area contributed by atoms with Crippen molar-refractivity contribution in [2.45, 2.75) is 23.6 Å². The third-order valence-corrected chi connectivity index (χ3v) is 8.27. The number of thiazole rings is 1. The fourth-order valence-corrected chi connectivity index (χ4v) is 6.53. The van der Waals surface area contributed by atoms with Gasteiger partial charge in [-0.3, -0.25) is 4.79 Å². The minimum absolute atomic E-state index is 0.132. The number of nitrogens with one attached hydrogen (secondary N) is 1. The summed E-state index contributed by atoms with van der Waals surface area (Å²) in [7, 11) is 0. The van der Waals surface area contributed by atoms with Crippen LogP contribution >= 0.6 is 34.7 Å². The summed E-state index contributed by atoms with van der Waals surface area (Å²) in [5, 5.41) is 3.01. The maximum atomic E-state index is 12.7. The lowest BCUT2D eigenvalue weighted by molar-refractivity contribution is -0.111. The van der Waals surface area contributed by atoms with E-state index in [4.69, 9.17) is 16.6 Å². The van der Waals surface area contributed by atoms with E-state index in [0.717, 1.165) is 66.2 Å². The van der Waals surface area contributed by atoms with E-state index in [9.17, 15) is 4.79 Å². The molecule has 3 aromatic heterocycles. The molecule has 0 unspecified atom stereocenters. The summed E-state index contributed by atoms with van der Waals surface area (Å²) in [6.45, 7) is 0. The zero-order chi connectivity index (χ0) is 23.8. The second-order valence-corrected chi connectivity index (χ2v) is 11.1. The highest BCUT2D eigenvalue weighted by Gasteiger charge is 2.16. The number of carbonyl (C=O) groups is 1. The van der Waals surface area contributed by atoms with Gasteiger partial charge in [-0.25, -0.2) is 9.97 Å². The van der Waals surface area contributed by atoms with Gasteiger partial charge in [0.05, 0.1) is 27.1 Å². The summed E-state index contributed by atoms with van der Waals surface area (Å²) in [5.41, 5.74) is 5.93. The Bertz CT molecular complexity index is 1670. The molecule has 0 aliphatic heterocycles. The molecule has 1 N–H and O–H groups in total. The predicted molar refractivity (Wildman–Crippen MR) is 147 cm³/mol. The Kier molecular flexibility index (Phi) is 6.02. The Morgan fingerprint density at radius 2 is 1.77 bits per heavy atom. The molecule has 0 amide bonds. The summed E-state index contributed by atoms with van der Waals surface area (Å²) in [4.78, 5) is 25.7. The molecule has 4 nitrogen and oxygen atoms in total. The van der Waals surface area contributed by atoms with Crippen molar-refractivity contribution in [1.82, 2.24) is 15.0 Å². The number of halogens is 1. The number of para-hydroxylation sites is 2. The van der Waals surface area contributed by atoms with Gasteiger partial charge in [-0.1, -0.05) is 48.0 Å². The first-order chi connectivity index (χ1) is 17.1. The fourth-order valence-electron chi connectivity index (χ4n) is 4.36. The van der Waals surface area contributed by atoms with Crippen LogP contribution in [0.25, 0.3) is 43.4 Å². The molecule has 3 aromatic carbocycles. The second kappa shape index (κ2) is 9.46. The quantitative estimate of drug-likeness (QED) is 0.227. The number of benzene rings is 3. The van der Waals surface area contributed by atoms with Crippen LogP contribution in [0.3, 0.4) is 0 Å². The second-order valence-electron chi connectivity index (χ2n) is 8.33. The fraction of sp³-hybridized carbons (Fsp3) is 0.107. The number of aryl methyl sites for hydroxylation is 1. The molecule has 0 fully saturated rings. The number of rotatable bonds is 6. The van der Waals surface area contributed by atoms with E-state index in [1.54, 1.807) is 11.3 Å². The van der Waals surface area contributed by atoms with Crippen LogP contribution in [0.1, 0.15) is 18.4 Å². The minimum atomic E-state index is 0.132. The van der Waals surface area contributed by atoms with E-state index < -0.39 is 0 Å². The van der Waals surface area contributed by atoms with Crippen LogP contribution in [0.5, 0.6) is 0 Å². The van der Waals surface area contributed by atoms with Crippen LogP contribution in [0.4, 0.5) is 0 Å². The molecule has 172 valence electrons. The monoisotopic (exact) mass is 513 g/mol. The van der Waals surface area contributed by atoms with Crippen LogP contribution in [0, 0.1) is 0 Å². The van der Waals surface area contributed by atoms with Crippen LogP contribution in [-0.2, 0) is 11.2 Å². The number of aromatic amines is 1. The van der Waals surface area contributed by atoms with E-state index in [1.165, 1.54) is 11.8 Å². The maximum Gasteiger partial charge on any atom is 0.195 e. The van der Waals surface area contributed by atoms with Crippen molar-refractivity contribution in [2.24, 2.45) is 0 Å². The molecule has 0 aliphatic rings. The van der Waals surface area contributed by atoms with Crippen molar-refractivity contribution in [3.05, 3.63) is 89.4 Å². The number of pyridine rings is 1. The number of aromatic nitrogens is 3. The average molecular weight is 514 g/mol. The summed E-state index contributed by atoms with van der Waals surface area (Å²) in [5.74, 6) is 0. The van der Waals surface area contributed by atoms with Crippen molar-refractivity contribution >= 4 is 71.8 Å². The lowest BCUT2D eigenvalue weighted by atomic mass is 10.0. The standard InChI is InChI=1S/C28H20ClN3OS2/c29-18-13-15-22-20(16-18)19(27(31-22)24-14-12-17-6-1-2-8-21(17)30-24)7-5-11-26(33)35-28-32-23-9-3-4-10-25(23)34-28/h1-4,6,8-10,12-16,31H,5,7,11H2. The molecule has 35 heavy (non-hydrogen) atoms. The van der Waals surface area contributed by atoms with Crippen molar-refractivity contribution in [3.8, 4) is 11.4 Å².